The van der Waals surface area contributed by atoms with E-state index in [1.165, 1.54) is 18.2 Å². The fourth-order valence-corrected chi connectivity index (χ4v) is 4.45. The maximum atomic E-state index is 14.5. The lowest BCUT2D eigenvalue weighted by molar-refractivity contribution is -0.384. The number of rotatable bonds is 4. The van der Waals surface area contributed by atoms with E-state index >= 15 is 0 Å². The summed E-state index contributed by atoms with van der Waals surface area (Å²) in [6, 6.07) is 20.3. The Bertz CT molecular complexity index is 1430. The van der Waals surface area contributed by atoms with Gasteiger partial charge in [0.15, 0.2) is 0 Å². The topological polar surface area (TPSA) is 79.6 Å². The maximum Gasteiger partial charge on any atom is 0.269 e. The highest BCUT2D eigenvalue weighted by atomic mass is 19.1. The third-order valence-electron chi connectivity index (χ3n) is 6.34. The van der Waals surface area contributed by atoms with Crippen LogP contribution in [0.5, 0.6) is 0 Å². The molecule has 8 heteroatoms. The molecule has 1 aromatic heterocycles. The number of carbonyl (C=O) groups excluding carboxylic acids is 1. The Labute approximate surface area is 201 Å². The first-order chi connectivity index (χ1) is 16.9. The van der Waals surface area contributed by atoms with Gasteiger partial charge in [-0.3, -0.25) is 14.9 Å². The largest absolute Gasteiger partial charge is 0.368 e. The average molecular weight is 471 g/mol. The van der Waals surface area contributed by atoms with Gasteiger partial charge in [-0.25, -0.2) is 9.37 Å². The normalized spacial score (nSPS) is 13.8. The molecule has 4 aromatic rings. The van der Waals surface area contributed by atoms with Crippen molar-refractivity contribution in [2.75, 3.05) is 31.1 Å². The first-order valence-corrected chi connectivity index (χ1v) is 11.4. The molecule has 0 spiro atoms. The molecule has 176 valence electrons. The number of anilines is 1. The van der Waals surface area contributed by atoms with Gasteiger partial charge in [-0.2, -0.15) is 0 Å². The summed E-state index contributed by atoms with van der Waals surface area (Å²) in [6.45, 7) is 4.17. The van der Waals surface area contributed by atoms with Gasteiger partial charge in [0.1, 0.15) is 5.82 Å². The van der Waals surface area contributed by atoms with Crippen LogP contribution < -0.4 is 4.90 Å². The van der Waals surface area contributed by atoms with Crippen LogP contribution in [0.4, 0.5) is 15.8 Å². The molecule has 0 N–H and O–H groups in total. The number of amides is 1. The van der Waals surface area contributed by atoms with E-state index in [1.54, 1.807) is 41.3 Å². The minimum Gasteiger partial charge on any atom is -0.368 e. The number of fused-ring (bicyclic) bond motifs is 1. The van der Waals surface area contributed by atoms with Crippen LogP contribution in [0.2, 0.25) is 0 Å². The van der Waals surface area contributed by atoms with E-state index < -0.39 is 4.92 Å². The zero-order valence-electron chi connectivity index (χ0n) is 19.1. The number of non-ortho nitro benzene ring substituents is 1. The monoisotopic (exact) mass is 470 g/mol. The number of nitro benzene ring substituents is 1. The maximum absolute atomic E-state index is 14.5. The summed E-state index contributed by atoms with van der Waals surface area (Å²) in [5, 5.41) is 11.7. The molecule has 0 radical (unpaired) electrons. The van der Waals surface area contributed by atoms with Gasteiger partial charge in [0.25, 0.3) is 11.6 Å². The zero-order valence-corrected chi connectivity index (χ0v) is 19.1. The van der Waals surface area contributed by atoms with Gasteiger partial charge in [0.2, 0.25) is 0 Å². The molecule has 35 heavy (non-hydrogen) atoms. The number of piperazine rings is 1. The molecule has 0 aliphatic carbocycles. The number of nitro groups is 1. The van der Waals surface area contributed by atoms with Crippen LogP contribution in [0, 0.1) is 22.9 Å². The Morgan fingerprint density at radius 2 is 1.69 bits per heavy atom. The van der Waals surface area contributed by atoms with Gasteiger partial charge in [-0.05, 0) is 49.4 Å². The lowest BCUT2D eigenvalue weighted by atomic mass is 10.0. The van der Waals surface area contributed by atoms with Gasteiger partial charge in [-0.15, -0.1) is 0 Å². The van der Waals surface area contributed by atoms with E-state index in [0.29, 0.717) is 48.5 Å². The number of aromatic nitrogens is 1. The number of hydrogen-bond donors (Lipinski definition) is 0. The molecule has 0 unspecified atom stereocenters. The molecule has 2 heterocycles. The first kappa shape index (κ1) is 22.5. The number of nitrogens with zero attached hydrogens (tertiary/aromatic N) is 4. The molecule has 1 aliphatic rings. The molecule has 0 bridgehead atoms. The summed E-state index contributed by atoms with van der Waals surface area (Å²) in [5.41, 5.74) is 3.86. The second-order valence-electron chi connectivity index (χ2n) is 8.61. The molecule has 1 saturated heterocycles. The molecule has 0 saturated carbocycles. The van der Waals surface area contributed by atoms with Crippen LogP contribution in [0.3, 0.4) is 0 Å². The summed E-state index contributed by atoms with van der Waals surface area (Å²) in [7, 11) is 0. The summed E-state index contributed by atoms with van der Waals surface area (Å²) in [5.74, 6) is -0.509. The van der Waals surface area contributed by atoms with Crippen molar-refractivity contribution >= 4 is 28.2 Å². The fraction of sp³-hybridized carbons (Fsp3) is 0.185. The molecule has 3 aromatic carbocycles. The second kappa shape index (κ2) is 9.13. The van der Waals surface area contributed by atoms with E-state index in [1.807, 2.05) is 25.1 Å². The van der Waals surface area contributed by atoms with Crippen LogP contribution in [-0.4, -0.2) is 46.9 Å². The van der Waals surface area contributed by atoms with Gasteiger partial charge >= 0.3 is 0 Å². The number of hydrogen-bond acceptors (Lipinski definition) is 5. The lowest BCUT2D eigenvalue weighted by Crippen LogP contribution is -2.48. The Morgan fingerprint density at radius 3 is 2.37 bits per heavy atom. The van der Waals surface area contributed by atoms with Crippen molar-refractivity contribution in [2.24, 2.45) is 0 Å². The second-order valence-corrected chi connectivity index (χ2v) is 8.61. The molecule has 0 atom stereocenters. The third-order valence-corrected chi connectivity index (χ3v) is 6.34. The molecule has 7 nitrogen and oxygen atoms in total. The molecule has 1 fully saturated rings. The van der Waals surface area contributed by atoms with Crippen molar-refractivity contribution in [1.82, 2.24) is 9.88 Å². The van der Waals surface area contributed by atoms with Crippen molar-refractivity contribution in [3.63, 3.8) is 0 Å². The van der Waals surface area contributed by atoms with Crippen molar-refractivity contribution in [1.29, 1.82) is 0 Å². The summed E-state index contributed by atoms with van der Waals surface area (Å²) >= 11 is 0. The van der Waals surface area contributed by atoms with Gasteiger partial charge in [-0.1, -0.05) is 23.8 Å². The Morgan fingerprint density at radius 1 is 0.971 bits per heavy atom. The summed E-state index contributed by atoms with van der Waals surface area (Å²) < 4.78 is 14.5. The van der Waals surface area contributed by atoms with Crippen molar-refractivity contribution in [3.8, 4) is 11.3 Å². The van der Waals surface area contributed by atoms with Crippen LogP contribution in [-0.2, 0) is 0 Å². The highest BCUT2D eigenvalue weighted by Crippen LogP contribution is 2.29. The third kappa shape index (κ3) is 4.42. The van der Waals surface area contributed by atoms with E-state index in [0.717, 1.165) is 16.6 Å². The number of benzene rings is 3. The highest BCUT2D eigenvalue weighted by Gasteiger charge is 2.25. The van der Waals surface area contributed by atoms with Crippen molar-refractivity contribution < 1.29 is 14.1 Å². The molecule has 5 rings (SSSR count). The van der Waals surface area contributed by atoms with E-state index in [-0.39, 0.29) is 17.4 Å². The number of halogens is 1. The first-order valence-electron chi connectivity index (χ1n) is 11.4. The van der Waals surface area contributed by atoms with E-state index in [2.05, 4.69) is 9.88 Å². The molecule has 1 amide bonds. The number of carbonyl (C=O) groups is 1. The average Bonchev–Trinajstić information content (AvgIpc) is 2.88. The molecule has 1 aliphatic heterocycles. The Kier molecular flexibility index (Phi) is 5.86. The summed E-state index contributed by atoms with van der Waals surface area (Å²) in [6.07, 6.45) is 0. The quantitative estimate of drug-likeness (QED) is 0.302. The lowest BCUT2D eigenvalue weighted by Gasteiger charge is -2.36. The number of aryl methyl sites for hydroxylation is 1. The minimum atomic E-state index is -0.420. The zero-order chi connectivity index (χ0) is 24.5. The number of pyridine rings is 1. The van der Waals surface area contributed by atoms with Crippen LogP contribution in [0.25, 0.3) is 22.2 Å². The Hall–Kier alpha value is -4.33. The van der Waals surface area contributed by atoms with Gasteiger partial charge < -0.3 is 9.80 Å². The smallest absolute Gasteiger partial charge is 0.269 e. The van der Waals surface area contributed by atoms with Crippen LogP contribution in [0.1, 0.15) is 15.9 Å². The van der Waals surface area contributed by atoms with Gasteiger partial charge in [0, 0.05) is 54.9 Å². The van der Waals surface area contributed by atoms with Crippen molar-refractivity contribution in [2.45, 2.75) is 6.92 Å². The van der Waals surface area contributed by atoms with E-state index in [9.17, 15) is 19.3 Å². The van der Waals surface area contributed by atoms with Crippen LogP contribution in [0.15, 0.2) is 72.8 Å². The minimum absolute atomic E-state index is 0.0491. The Balaban J connectivity index is 1.43. The SMILES string of the molecule is Cc1ccc2nc(-c3ccccc3F)cc(C(=O)N3CCN(c4ccc([N+](=O)[O-])cc4)CC3)c2c1. The van der Waals surface area contributed by atoms with Crippen molar-refractivity contribution in [3.05, 3.63) is 99.9 Å². The highest BCUT2D eigenvalue weighted by molar-refractivity contribution is 6.07. The standard InChI is InChI=1S/C27H23FN4O3/c1-18-6-11-25-22(16-18)23(17-26(29-25)21-4-2-3-5-24(21)28)27(33)31-14-12-30(13-15-31)19-7-9-20(10-8-19)32(34)35/h2-11,16-17H,12-15H2,1H3. The van der Waals surface area contributed by atoms with E-state index in [4.69, 9.17) is 0 Å². The van der Waals surface area contributed by atoms with Crippen LogP contribution >= 0.6 is 0 Å². The fourth-order valence-electron chi connectivity index (χ4n) is 4.45. The summed E-state index contributed by atoms with van der Waals surface area (Å²) in [4.78, 5) is 32.7. The predicted octanol–water partition coefficient (Wildman–Crippen LogP) is 5.22. The molecular formula is C27H23FN4O3. The predicted molar refractivity (Wildman–Crippen MR) is 133 cm³/mol. The van der Waals surface area contributed by atoms with Gasteiger partial charge in [0.05, 0.1) is 21.7 Å². The molecular weight excluding hydrogens is 447 g/mol.